The van der Waals surface area contributed by atoms with Crippen LogP contribution in [-0.4, -0.2) is 15.6 Å². The highest BCUT2D eigenvalue weighted by Gasteiger charge is 2.18. The molecule has 0 aliphatic rings. The molecule has 2 aromatic heterocycles. The summed E-state index contributed by atoms with van der Waals surface area (Å²) in [7, 11) is 0. The van der Waals surface area contributed by atoms with Crippen molar-refractivity contribution >= 4 is 44.7 Å². The fraction of sp³-hybridized carbons (Fsp3) is 0.385. The molecule has 0 radical (unpaired) electrons. The number of thiophene rings is 1. The van der Waals surface area contributed by atoms with E-state index >= 15 is 0 Å². The second-order valence-corrected chi connectivity index (χ2v) is 6.78. The molecule has 0 aliphatic heterocycles. The van der Waals surface area contributed by atoms with Gasteiger partial charge in [0.1, 0.15) is 0 Å². The number of Topliss-reactive ketones (excluding diaryl/α,β-unsaturated/α-hetero) is 1. The molecule has 0 unspecified atom stereocenters. The summed E-state index contributed by atoms with van der Waals surface area (Å²) in [6.45, 7) is 4.73. The molecule has 102 valence electrons. The standard InChI is InChI=1S/C13H14BrClN2OS/c1-3-9-13(15)10(17(4-2)16-9)6-11(18)8-5-12(14)19-7-8/h5,7H,3-4,6H2,1-2H3. The number of rotatable bonds is 5. The van der Waals surface area contributed by atoms with Crippen molar-refractivity contribution in [3.63, 3.8) is 0 Å². The molecule has 0 N–H and O–H groups in total. The second-order valence-electron chi connectivity index (χ2n) is 4.12. The summed E-state index contributed by atoms with van der Waals surface area (Å²) in [5, 5.41) is 6.91. The molecule has 2 rings (SSSR count). The molecular weight excluding hydrogens is 348 g/mol. The van der Waals surface area contributed by atoms with Gasteiger partial charge in [0.05, 0.1) is 26.6 Å². The third-order valence-corrected chi connectivity index (χ3v) is 4.85. The number of hydrogen-bond donors (Lipinski definition) is 0. The van der Waals surface area contributed by atoms with Gasteiger partial charge in [-0.25, -0.2) is 0 Å². The molecule has 0 spiro atoms. The molecule has 0 atom stereocenters. The van der Waals surface area contributed by atoms with E-state index in [0.29, 0.717) is 11.4 Å². The van der Waals surface area contributed by atoms with Gasteiger partial charge >= 0.3 is 0 Å². The van der Waals surface area contributed by atoms with Crippen LogP contribution in [0.3, 0.4) is 0 Å². The van der Waals surface area contributed by atoms with E-state index in [1.807, 2.05) is 30.0 Å². The lowest BCUT2D eigenvalue weighted by molar-refractivity contribution is 0.0991. The Morgan fingerprint density at radius 2 is 2.26 bits per heavy atom. The Labute approximate surface area is 129 Å². The SMILES string of the molecule is CCc1nn(CC)c(CC(=O)c2csc(Br)c2)c1Cl. The van der Waals surface area contributed by atoms with Crippen LogP contribution in [0.5, 0.6) is 0 Å². The minimum atomic E-state index is 0.0705. The van der Waals surface area contributed by atoms with Gasteiger partial charge in [-0.2, -0.15) is 5.10 Å². The number of aryl methyl sites for hydroxylation is 2. The largest absolute Gasteiger partial charge is 0.294 e. The van der Waals surface area contributed by atoms with E-state index in [0.717, 1.165) is 33.7 Å². The third kappa shape index (κ3) is 3.09. The Morgan fingerprint density at radius 3 is 2.79 bits per heavy atom. The molecule has 2 aromatic rings. The van der Waals surface area contributed by atoms with Gasteiger partial charge in [0.2, 0.25) is 0 Å². The Kier molecular flexibility index (Phi) is 4.81. The molecule has 6 heteroatoms. The zero-order valence-electron chi connectivity index (χ0n) is 10.7. The zero-order chi connectivity index (χ0) is 14.0. The predicted octanol–water partition coefficient (Wildman–Crippen LogP) is 4.37. The lowest BCUT2D eigenvalue weighted by Gasteiger charge is -2.03. The van der Waals surface area contributed by atoms with E-state index in [-0.39, 0.29) is 5.78 Å². The van der Waals surface area contributed by atoms with E-state index in [9.17, 15) is 4.79 Å². The Morgan fingerprint density at radius 1 is 1.53 bits per heavy atom. The van der Waals surface area contributed by atoms with E-state index in [2.05, 4.69) is 21.0 Å². The molecule has 0 saturated carbocycles. The molecule has 0 aromatic carbocycles. The van der Waals surface area contributed by atoms with Crippen molar-refractivity contribution in [3.8, 4) is 0 Å². The zero-order valence-corrected chi connectivity index (χ0v) is 13.9. The highest BCUT2D eigenvalue weighted by Crippen LogP contribution is 2.25. The van der Waals surface area contributed by atoms with Gasteiger partial charge in [0.25, 0.3) is 0 Å². The molecule has 0 aliphatic carbocycles. The van der Waals surface area contributed by atoms with Crippen molar-refractivity contribution in [2.75, 3.05) is 0 Å². The Balaban J connectivity index is 2.28. The topological polar surface area (TPSA) is 34.9 Å². The maximum atomic E-state index is 12.2. The molecule has 3 nitrogen and oxygen atoms in total. The number of nitrogens with zero attached hydrogens (tertiary/aromatic N) is 2. The minimum Gasteiger partial charge on any atom is -0.294 e. The fourth-order valence-electron chi connectivity index (χ4n) is 1.90. The number of carbonyl (C=O) groups is 1. The van der Waals surface area contributed by atoms with Crippen molar-refractivity contribution in [3.05, 3.63) is 37.2 Å². The van der Waals surface area contributed by atoms with Crippen molar-refractivity contribution in [1.82, 2.24) is 9.78 Å². The smallest absolute Gasteiger partial charge is 0.169 e. The quantitative estimate of drug-likeness (QED) is 0.741. The third-order valence-electron chi connectivity index (χ3n) is 2.91. The summed E-state index contributed by atoms with van der Waals surface area (Å²) in [6, 6.07) is 1.84. The lowest BCUT2D eigenvalue weighted by atomic mass is 10.1. The monoisotopic (exact) mass is 360 g/mol. The van der Waals surface area contributed by atoms with Gasteiger partial charge in [-0.15, -0.1) is 11.3 Å². The predicted molar refractivity (Wildman–Crippen MR) is 82.3 cm³/mol. The maximum Gasteiger partial charge on any atom is 0.169 e. The summed E-state index contributed by atoms with van der Waals surface area (Å²) in [4.78, 5) is 12.2. The summed E-state index contributed by atoms with van der Waals surface area (Å²) in [6.07, 6.45) is 1.07. The van der Waals surface area contributed by atoms with Crippen molar-refractivity contribution in [2.24, 2.45) is 0 Å². The first-order chi connectivity index (χ1) is 9.06. The minimum absolute atomic E-state index is 0.0705. The molecule has 0 bridgehead atoms. The van der Waals surface area contributed by atoms with Gasteiger partial charge in [-0.1, -0.05) is 18.5 Å². The average Bonchev–Trinajstić information content (AvgIpc) is 2.95. The van der Waals surface area contributed by atoms with Crippen LogP contribution in [0, 0.1) is 0 Å². The van der Waals surface area contributed by atoms with Crippen LogP contribution in [0.4, 0.5) is 0 Å². The first-order valence-electron chi connectivity index (χ1n) is 6.08. The summed E-state index contributed by atoms with van der Waals surface area (Å²) < 4.78 is 2.78. The molecule has 0 fully saturated rings. The number of halogens is 2. The van der Waals surface area contributed by atoms with Gasteiger partial charge in [-0.3, -0.25) is 9.48 Å². The highest BCUT2D eigenvalue weighted by atomic mass is 79.9. The lowest BCUT2D eigenvalue weighted by Crippen LogP contribution is -2.09. The number of aromatic nitrogens is 2. The van der Waals surface area contributed by atoms with Crippen LogP contribution >= 0.6 is 38.9 Å². The van der Waals surface area contributed by atoms with Crippen LogP contribution in [0.1, 0.15) is 35.6 Å². The molecule has 19 heavy (non-hydrogen) atoms. The first kappa shape index (κ1) is 14.8. The maximum absolute atomic E-state index is 12.2. The molecular formula is C13H14BrClN2OS. The van der Waals surface area contributed by atoms with Crippen LogP contribution in [0.2, 0.25) is 5.02 Å². The number of ketones is 1. The number of hydrogen-bond acceptors (Lipinski definition) is 3. The van der Waals surface area contributed by atoms with E-state index < -0.39 is 0 Å². The van der Waals surface area contributed by atoms with Gasteiger partial charge in [0, 0.05) is 17.5 Å². The highest BCUT2D eigenvalue weighted by molar-refractivity contribution is 9.11. The fourth-order valence-corrected chi connectivity index (χ4v) is 3.39. The molecule has 0 saturated heterocycles. The van der Waals surface area contributed by atoms with Crippen LogP contribution in [0.15, 0.2) is 15.2 Å². The molecule has 0 amide bonds. The van der Waals surface area contributed by atoms with Gasteiger partial charge in [0.15, 0.2) is 5.78 Å². The van der Waals surface area contributed by atoms with Gasteiger partial charge < -0.3 is 0 Å². The van der Waals surface area contributed by atoms with E-state index in [1.54, 1.807) is 0 Å². The summed E-state index contributed by atoms with van der Waals surface area (Å²) >= 11 is 11.2. The Bertz CT molecular complexity index is 606. The average molecular weight is 362 g/mol. The summed E-state index contributed by atoms with van der Waals surface area (Å²) in [5.74, 6) is 0.0705. The Hall–Kier alpha value is -0.650. The van der Waals surface area contributed by atoms with Crippen LogP contribution in [-0.2, 0) is 19.4 Å². The van der Waals surface area contributed by atoms with Crippen LogP contribution in [0.25, 0.3) is 0 Å². The summed E-state index contributed by atoms with van der Waals surface area (Å²) in [5.41, 5.74) is 2.39. The van der Waals surface area contributed by atoms with Crippen molar-refractivity contribution < 1.29 is 4.79 Å². The van der Waals surface area contributed by atoms with Crippen LogP contribution < -0.4 is 0 Å². The van der Waals surface area contributed by atoms with Crippen molar-refractivity contribution in [1.29, 1.82) is 0 Å². The van der Waals surface area contributed by atoms with Gasteiger partial charge in [-0.05, 0) is 35.3 Å². The van der Waals surface area contributed by atoms with Crippen molar-refractivity contribution in [2.45, 2.75) is 33.2 Å². The second kappa shape index (κ2) is 6.20. The first-order valence-corrected chi connectivity index (χ1v) is 8.13. The molecule has 2 heterocycles. The normalized spacial score (nSPS) is 10.9. The number of carbonyl (C=O) groups excluding carboxylic acids is 1. The van der Waals surface area contributed by atoms with E-state index in [4.69, 9.17) is 11.6 Å². The van der Waals surface area contributed by atoms with E-state index in [1.165, 1.54) is 11.3 Å².